The van der Waals surface area contributed by atoms with E-state index >= 15 is 0 Å². The van der Waals surface area contributed by atoms with E-state index < -0.39 is 5.54 Å². The van der Waals surface area contributed by atoms with Gasteiger partial charge in [0.2, 0.25) is 0 Å². The summed E-state index contributed by atoms with van der Waals surface area (Å²) in [5, 5.41) is 16.1. The zero-order valence-electron chi connectivity index (χ0n) is 18.6. The third kappa shape index (κ3) is 4.49. The van der Waals surface area contributed by atoms with Gasteiger partial charge in [0, 0.05) is 10.6 Å². The van der Waals surface area contributed by atoms with Gasteiger partial charge in [0.1, 0.15) is 5.75 Å². The number of amides is 1. The predicted molar refractivity (Wildman–Crippen MR) is 135 cm³/mol. The number of hydrogen-bond acceptors (Lipinski definition) is 5. The lowest BCUT2D eigenvalue weighted by atomic mass is 9.94. The molecule has 3 N–H and O–H groups in total. The monoisotopic (exact) mass is 458 g/mol. The normalized spacial score (nSPS) is 17.2. The number of nitrogens with one attached hydrogen (secondary N) is 2. The minimum Gasteiger partial charge on any atom is -0.482 e. The van der Waals surface area contributed by atoms with Crippen molar-refractivity contribution >= 4 is 40.7 Å². The molecule has 0 aliphatic carbocycles. The summed E-state index contributed by atoms with van der Waals surface area (Å²) < 4.78 is 5.55. The Hall–Kier alpha value is -3.22. The van der Waals surface area contributed by atoms with E-state index in [2.05, 4.69) is 65.2 Å². The molecule has 3 aromatic carbocycles. The number of aliphatic hydroxyl groups is 1. The second kappa shape index (κ2) is 8.61. The van der Waals surface area contributed by atoms with Gasteiger partial charge in [-0.3, -0.25) is 4.79 Å². The summed E-state index contributed by atoms with van der Waals surface area (Å²) in [6, 6.07) is 22.8. The van der Waals surface area contributed by atoms with Crippen LogP contribution in [0.3, 0.4) is 0 Å². The van der Waals surface area contributed by atoms with Crippen LogP contribution in [0.15, 0.2) is 71.6 Å². The molecule has 0 saturated carbocycles. The van der Waals surface area contributed by atoms with Crippen molar-refractivity contribution in [1.82, 2.24) is 0 Å². The van der Waals surface area contributed by atoms with Gasteiger partial charge >= 0.3 is 0 Å². The minimum absolute atomic E-state index is 0.0481. The topological polar surface area (TPSA) is 70.6 Å². The third-order valence-electron chi connectivity index (χ3n) is 5.78. The molecule has 1 unspecified atom stereocenters. The summed E-state index contributed by atoms with van der Waals surface area (Å²) in [4.78, 5) is 13.0. The molecule has 0 fully saturated rings. The van der Waals surface area contributed by atoms with Crippen molar-refractivity contribution in [3.63, 3.8) is 0 Å². The Morgan fingerprint density at radius 1 is 1.12 bits per heavy atom. The molecule has 0 radical (unpaired) electrons. The molecule has 5 nitrogen and oxygen atoms in total. The lowest BCUT2D eigenvalue weighted by Gasteiger charge is -2.29. The van der Waals surface area contributed by atoms with E-state index in [0.717, 1.165) is 16.8 Å². The predicted octanol–water partition coefficient (Wildman–Crippen LogP) is 5.59. The molecule has 5 rings (SSSR count). The quantitative estimate of drug-likeness (QED) is 0.465. The molecular formula is C27H26N2O3S. The molecule has 33 heavy (non-hydrogen) atoms. The van der Waals surface area contributed by atoms with E-state index in [0.29, 0.717) is 11.4 Å². The molecule has 0 aromatic heterocycles. The Kier molecular flexibility index (Phi) is 5.64. The van der Waals surface area contributed by atoms with Crippen LogP contribution in [0.5, 0.6) is 5.75 Å². The van der Waals surface area contributed by atoms with Crippen LogP contribution in [0.25, 0.3) is 11.6 Å². The van der Waals surface area contributed by atoms with Crippen molar-refractivity contribution in [2.24, 2.45) is 0 Å². The zero-order valence-corrected chi connectivity index (χ0v) is 19.4. The maximum absolute atomic E-state index is 11.8. The standard InChI is InChI=1S/C27H26N2O3S/c1-27(2,16-30)29-20-10-8-19-12-21(18-9-11-23-22(13-18)28-25(31)15-32-23)26(33-24(19)14-20)17-6-4-3-5-7-17/h3-14,26,29-30H,15-16H2,1-2H3,(H,28,31). The van der Waals surface area contributed by atoms with Gasteiger partial charge in [-0.05, 0) is 66.5 Å². The van der Waals surface area contributed by atoms with Crippen LogP contribution >= 0.6 is 11.8 Å². The molecule has 6 heteroatoms. The summed E-state index contributed by atoms with van der Waals surface area (Å²) in [5.74, 6) is 0.559. The van der Waals surface area contributed by atoms with Crippen molar-refractivity contribution in [2.45, 2.75) is 29.5 Å². The Labute approximate surface area is 197 Å². The van der Waals surface area contributed by atoms with Crippen LogP contribution in [-0.4, -0.2) is 29.8 Å². The molecule has 0 bridgehead atoms. The number of aliphatic hydroxyl groups excluding tert-OH is 1. The van der Waals surface area contributed by atoms with Crippen LogP contribution in [0.4, 0.5) is 11.4 Å². The third-order valence-corrected chi connectivity index (χ3v) is 7.15. The average molecular weight is 459 g/mol. The summed E-state index contributed by atoms with van der Waals surface area (Å²) in [5.41, 5.74) is 5.88. The fourth-order valence-electron chi connectivity index (χ4n) is 4.07. The van der Waals surface area contributed by atoms with E-state index in [1.54, 1.807) is 0 Å². The molecule has 2 heterocycles. The van der Waals surface area contributed by atoms with Crippen LogP contribution in [-0.2, 0) is 4.79 Å². The van der Waals surface area contributed by atoms with Crippen molar-refractivity contribution in [2.75, 3.05) is 23.8 Å². The van der Waals surface area contributed by atoms with Crippen molar-refractivity contribution in [1.29, 1.82) is 0 Å². The summed E-state index contributed by atoms with van der Waals surface area (Å²) >= 11 is 1.81. The van der Waals surface area contributed by atoms with Gasteiger partial charge in [0.25, 0.3) is 5.91 Å². The highest BCUT2D eigenvalue weighted by Crippen LogP contribution is 2.51. The van der Waals surface area contributed by atoms with Gasteiger partial charge in [-0.25, -0.2) is 0 Å². The zero-order chi connectivity index (χ0) is 23.0. The van der Waals surface area contributed by atoms with Crippen molar-refractivity contribution < 1.29 is 14.6 Å². The molecule has 1 atom stereocenters. The highest BCUT2D eigenvalue weighted by Gasteiger charge is 2.27. The van der Waals surface area contributed by atoms with Gasteiger partial charge in [0.15, 0.2) is 6.61 Å². The molecule has 168 valence electrons. The number of hydrogen-bond donors (Lipinski definition) is 3. The second-order valence-electron chi connectivity index (χ2n) is 8.98. The SMILES string of the molecule is CC(C)(CO)Nc1ccc2c(c1)SC(c1ccccc1)C(c1ccc3c(c1)NC(=O)CO3)=C2. The lowest BCUT2D eigenvalue weighted by Crippen LogP contribution is -2.34. The summed E-state index contributed by atoms with van der Waals surface area (Å²) in [6.07, 6.45) is 2.23. The molecule has 0 saturated heterocycles. The minimum atomic E-state index is -0.400. The maximum atomic E-state index is 11.8. The van der Waals surface area contributed by atoms with Crippen LogP contribution in [0.2, 0.25) is 0 Å². The van der Waals surface area contributed by atoms with Crippen LogP contribution < -0.4 is 15.4 Å². The largest absolute Gasteiger partial charge is 0.482 e. The number of anilines is 2. The van der Waals surface area contributed by atoms with E-state index in [1.165, 1.54) is 16.0 Å². The van der Waals surface area contributed by atoms with E-state index in [9.17, 15) is 9.90 Å². The first kappa shape index (κ1) is 21.6. The van der Waals surface area contributed by atoms with E-state index in [1.807, 2.05) is 43.8 Å². The van der Waals surface area contributed by atoms with Gasteiger partial charge in [-0.15, -0.1) is 11.8 Å². The van der Waals surface area contributed by atoms with Crippen molar-refractivity contribution in [3.8, 4) is 5.75 Å². The smallest absolute Gasteiger partial charge is 0.262 e. The average Bonchev–Trinajstić information content (AvgIpc) is 2.83. The molecule has 2 aliphatic rings. The number of ether oxygens (including phenoxy) is 1. The molecule has 1 amide bonds. The molecule has 0 spiro atoms. The Bertz CT molecular complexity index is 1240. The van der Waals surface area contributed by atoms with Gasteiger partial charge < -0.3 is 20.5 Å². The fourth-order valence-corrected chi connectivity index (χ4v) is 5.41. The van der Waals surface area contributed by atoms with Crippen LogP contribution in [0.1, 0.15) is 35.8 Å². The molecular weight excluding hydrogens is 432 g/mol. The summed E-state index contributed by atoms with van der Waals surface area (Å²) in [7, 11) is 0. The highest BCUT2D eigenvalue weighted by atomic mass is 32.2. The highest BCUT2D eigenvalue weighted by molar-refractivity contribution is 8.00. The van der Waals surface area contributed by atoms with Gasteiger partial charge in [-0.1, -0.05) is 42.5 Å². The van der Waals surface area contributed by atoms with Gasteiger partial charge in [0.05, 0.1) is 23.1 Å². The van der Waals surface area contributed by atoms with E-state index in [-0.39, 0.29) is 24.4 Å². The van der Waals surface area contributed by atoms with E-state index in [4.69, 9.17) is 4.74 Å². The Morgan fingerprint density at radius 2 is 1.94 bits per heavy atom. The first-order valence-electron chi connectivity index (χ1n) is 11.0. The maximum Gasteiger partial charge on any atom is 0.262 e. The lowest BCUT2D eigenvalue weighted by molar-refractivity contribution is -0.118. The number of carbonyl (C=O) groups is 1. The number of benzene rings is 3. The first-order valence-corrected chi connectivity index (χ1v) is 11.8. The number of rotatable bonds is 5. The summed E-state index contributed by atoms with van der Waals surface area (Å²) in [6.45, 7) is 4.05. The molecule has 2 aliphatic heterocycles. The first-order chi connectivity index (χ1) is 15.9. The Balaban J connectivity index is 1.57. The number of carbonyl (C=O) groups excluding carboxylic acids is 1. The number of fused-ring (bicyclic) bond motifs is 2. The van der Waals surface area contributed by atoms with Crippen molar-refractivity contribution in [3.05, 3.63) is 83.4 Å². The Morgan fingerprint density at radius 3 is 2.73 bits per heavy atom. The fraction of sp³-hybridized carbons (Fsp3) is 0.222. The number of thioether (sulfide) groups is 1. The second-order valence-corrected chi connectivity index (χ2v) is 10.1. The van der Waals surface area contributed by atoms with Gasteiger partial charge in [-0.2, -0.15) is 0 Å². The van der Waals surface area contributed by atoms with Crippen LogP contribution in [0, 0.1) is 0 Å². The molecule has 3 aromatic rings.